The second kappa shape index (κ2) is 11.5. The molecule has 4 aromatic rings. The van der Waals surface area contributed by atoms with E-state index in [0.717, 1.165) is 24.0 Å². The third kappa shape index (κ3) is 5.85. The molecule has 1 unspecified atom stereocenters. The van der Waals surface area contributed by atoms with Gasteiger partial charge in [-0.3, -0.25) is 14.9 Å². The number of imidazole rings is 1. The number of anilines is 2. The van der Waals surface area contributed by atoms with Crippen LogP contribution in [0.2, 0.25) is 0 Å². The molecule has 3 aromatic carbocycles. The first-order valence-electron chi connectivity index (χ1n) is 13.6. The Labute approximate surface area is 229 Å². The first-order chi connectivity index (χ1) is 18.9. The highest BCUT2D eigenvalue weighted by atomic mass is 16.2. The first kappa shape index (κ1) is 26.2. The Morgan fingerprint density at radius 3 is 2.49 bits per heavy atom. The zero-order valence-electron chi connectivity index (χ0n) is 22.4. The maximum Gasteiger partial charge on any atom is 0.257 e. The molecule has 0 aliphatic heterocycles. The number of hydrogen-bond acceptors (Lipinski definition) is 4. The van der Waals surface area contributed by atoms with Crippen molar-refractivity contribution in [3.63, 3.8) is 0 Å². The monoisotopic (exact) mass is 519 g/mol. The smallest absolute Gasteiger partial charge is 0.257 e. The summed E-state index contributed by atoms with van der Waals surface area (Å²) in [4.78, 5) is 32.6. The van der Waals surface area contributed by atoms with E-state index in [4.69, 9.17) is 10.2 Å². The van der Waals surface area contributed by atoms with E-state index in [1.54, 1.807) is 29.2 Å². The third-order valence-electron chi connectivity index (χ3n) is 7.76. The summed E-state index contributed by atoms with van der Waals surface area (Å²) in [5.74, 6) is 0.912. The molecule has 7 nitrogen and oxygen atoms in total. The van der Waals surface area contributed by atoms with E-state index in [2.05, 4.69) is 30.4 Å². The van der Waals surface area contributed by atoms with Crippen LogP contribution < -0.4 is 10.2 Å². The number of nitrogens with zero attached hydrogens (tertiary/aromatic N) is 4. The van der Waals surface area contributed by atoms with E-state index in [1.807, 2.05) is 48.0 Å². The lowest BCUT2D eigenvalue weighted by Gasteiger charge is -2.20. The van der Waals surface area contributed by atoms with Gasteiger partial charge in [0.1, 0.15) is 0 Å². The Balaban J connectivity index is 1.45. The summed E-state index contributed by atoms with van der Waals surface area (Å²) in [5, 5.41) is 12.1. The van der Waals surface area contributed by atoms with Gasteiger partial charge in [0.2, 0.25) is 11.9 Å². The van der Waals surface area contributed by atoms with Crippen LogP contribution in [0, 0.1) is 17.2 Å². The molecule has 39 heavy (non-hydrogen) atoms. The zero-order valence-corrected chi connectivity index (χ0v) is 22.4. The van der Waals surface area contributed by atoms with E-state index in [0.29, 0.717) is 41.5 Å². The molecule has 1 aromatic heterocycles. The van der Waals surface area contributed by atoms with Crippen molar-refractivity contribution in [2.24, 2.45) is 5.92 Å². The average Bonchev–Trinajstić information content (AvgIpc) is 3.60. The topological polar surface area (TPSA) is 91.0 Å². The Morgan fingerprint density at radius 2 is 1.79 bits per heavy atom. The molecule has 1 aliphatic carbocycles. The van der Waals surface area contributed by atoms with Crippen LogP contribution in [0.15, 0.2) is 72.8 Å². The van der Waals surface area contributed by atoms with Gasteiger partial charge in [-0.1, -0.05) is 50.1 Å². The van der Waals surface area contributed by atoms with E-state index < -0.39 is 0 Å². The summed E-state index contributed by atoms with van der Waals surface area (Å²) >= 11 is 0. The van der Waals surface area contributed by atoms with Crippen molar-refractivity contribution >= 4 is 34.5 Å². The predicted octanol–water partition coefficient (Wildman–Crippen LogP) is 6.51. The average molecular weight is 520 g/mol. The van der Waals surface area contributed by atoms with Gasteiger partial charge in [0.15, 0.2) is 0 Å². The zero-order chi connectivity index (χ0) is 27.4. The molecule has 1 saturated carbocycles. The number of carbonyl (C=O) groups is 2. The molecule has 0 saturated heterocycles. The van der Waals surface area contributed by atoms with E-state index in [9.17, 15) is 9.59 Å². The third-order valence-corrected chi connectivity index (χ3v) is 7.76. The van der Waals surface area contributed by atoms with Crippen LogP contribution in [0.5, 0.6) is 0 Å². The second-order valence-electron chi connectivity index (χ2n) is 10.5. The van der Waals surface area contributed by atoms with Crippen LogP contribution >= 0.6 is 0 Å². The highest BCUT2D eigenvalue weighted by Crippen LogP contribution is 2.31. The van der Waals surface area contributed by atoms with Gasteiger partial charge in [-0.15, -0.1) is 0 Å². The summed E-state index contributed by atoms with van der Waals surface area (Å²) in [5.41, 5.74) is 4.52. The molecule has 0 spiro atoms. The summed E-state index contributed by atoms with van der Waals surface area (Å²) in [6.45, 7) is 2.76. The lowest BCUT2D eigenvalue weighted by atomic mass is 10.0. The minimum Gasteiger partial charge on any atom is -0.315 e. The van der Waals surface area contributed by atoms with Gasteiger partial charge in [0, 0.05) is 31.3 Å². The molecule has 1 heterocycles. The van der Waals surface area contributed by atoms with Gasteiger partial charge in [-0.25, -0.2) is 4.98 Å². The first-order valence-corrected chi connectivity index (χ1v) is 13.6. The van der Waals surface area contributed by atoms with Crippen molar-refractivity contribution in [1.82, 2.24) is 9.55 Å². The number of rotatable bonds is 8. The Bertz CT molecular complexity index is 1510. The van der Waals surface area contributed by atoms with Crippen molar-refractivity contribution in [2.45, 2.75) is 51.5 Å². The Kier molecular flexibility index (Phi) is 7.74. The van der Waals surface area contributed by atoms with Crippen molar-refractivity contribution in [3.8, 4) is 6.07 Å². The standard InChI is InChI=1S/C32H33N5O2/c1-22(25-10-4-3-5-11-25)21-37-29-17-16-27(36(2)30(38)18-23-8-6-7-9-23)19-28(29)34-32(37)35-31(39)26-14-12-24(20-33)13-15-26/h3-5,10-17,19,22-23H,6-9,18,21H2,1-2H3,(H,34,35,39). The summed E-state index contributed by atoms with van der Waals surface area (Å²) in [7, 11) is 1.82. The largest absolute Gasteiger partial charge is 0.315 e. The van der Waals surface area contributed by atoms with Crippen molar-refractivity contribution in [1.29, 1.82) is 5.26 Å². The Morgan fingerprint density at radius 1 is 1.08 bits per heavy atom. The molecule has 1 fully saturated rings. The highest BCUT2D eigenvalue weighted by molar-refractivity contribution is 6.04. The van der Waals surface area contributed by atoms with Gasteiger partial charge in [-0.05, 0) is 72.7 Å². The van der Waals surface area contributed by atoms with Gasteiger partial charge >= 0.3 is 0 Å². The van der Waals surface area contributed by atoms with Crippen LogP contribution in [0.4, 0.5) is 11.6 Å². The fraction of sp³-hybridized carbons (Fsp3) is 0.312. The van der Waals surface area contributed by atoms with Crippen LogP contribution in [0.1, 0.15) is 66.4 Å². The highest BCUT2D eigenvalue weighted by Gasteiger charge is 2.23. The predicted molar refractivity (Wildman–Crippen MR) is 154 cm³/mol. The number of carbonyl (C=O) groups excluding carboxylic acids is 2. The molecule has 198 valence electrons. The van der Waals surface area contributed by atoms with Gasteiger partial charge < -0.3 is 9.47 Å². The number of nitriles is 1. The van der Waals surface area contributed by atoms with Gasteiger partial charge in [-0.2, -0.15) is 5.26 Å². The maximum atomic E-state index is 13.1. The van der Waals surface area contributed by atoms with Crippen LogP contribution in [-0.4, -0.2) is 28.4 Å². The normalized spacial score (nSPS) is 14.2. The quantitative estimate of drug-likeness (QED) is 0.287. The van der Waals surface area contributed by atoms with Crippen molar-refractivity contribution in [2.75, 3.05) is 17.3 Å². The number of fused-ring (bicyclic) bond motifs is 1. The molecule has 0 radical (unpaired) electrons. The summed E-state index contributed by atoms with van der Waals surface area (Å²) in [6, 6.07) is 24.7. The minimum absolute atomic E-state index is 0.118. The molecule has 5 rings (SSSR count). The Hall–Kier alpha value is -4.44. The number of nitrogens with one attached hydrogen (secondary N) is 1. The fourth-order valence-corrected chi connectivity index (χ4v) is 5.38. The van der Waals surface area contributed by atoms with Crippen molar-refractivity contribution < 1.29 is 9.59 Å². The summed E-state index contributed by atoms with van der Waals surface area (Å²) in [6.07, 6.45) is 5.26. The number of amides is 2. The van der Waals surface area contributed by atoms with Crippen LogP contribution in [0.3, 0.4) is 0 Å². The maximum absolute atomic E-state index is 13.1. The number of hydrogen-bond donors (Lipinski definition) is 1. The molecule has 1 N–H and O–H groups in total. The molecule has 0 bridgehead atoms. The number of benzene rings is 3. The van der Waals surface area contributed by atoms with Gasteiger partial charge in [0.25, 0.3) is 5.91 Å². The molecule has 7 heteroatoms. The van der Waals surface area contributed by atoms with E-state index in [-0.39, 0.29) is 17.7 Å². The second-order valence-corrected chi connectivity index (χ2v) is 10.5. The molecular formula is C32H33N5O2. The SMILES string of the molecule is CC(Cn1c(NC(=O)c2ccc(C#N)cc2)nc2cc(N(C)C(=O)CC3CCCC3)ccc21)c1ccccc1. The molecular weight excluding hydrogens is 486 g/mol. The summed E-state index contributed by atoms with van der Waals surface area (Å²) < 4.78 is 2.03. The fourth-order valence-electron chi connectivity index (χ4n) is 5.38. The molecule has 2 amide bonds. The minimum atomic E-state index is -0.299. The lowest BCUT2D eigenvalue weighted by Crippen LogP contribution is -2.27. The van der Waals surface area contributed by atoms with Crippen molar-refractivity contribution in [3.05, 3.63) is 89.5 Å². The van der Waals surface area contributed by atoms with Crippen LogP contribution in [-0.2, 0) is 11.3 Å². The lowest BCUT2D eigenvalue weighted by molar-refractivity contribution is -0.119. The van der Waals surface area contributed by atoms with E-state index in [1.165, 1.54) is 18.4 Å². The van der Waals surface area contributed by atoms with Crippen LogP contribution in [0.25, 0.3) is 11.0 Å². The molecule has 1 aliphatic rings. The molecule has 1 atom stereocenters. The van der Waals surface area contributed by atoms with E-state index >= 15 is 0 Å². The number of aromatic nitrogens is 2. The van der Waals surface area contributed by atoms with Gasteiger partial charge in [0.05, 0.1) is 22.7 Å².